The summed E-state index contributed by atoms with van der Waals surface area (Å²) in [5.74, 6) is 1.95. The lowest BCUT2D eigenvalue weighted by atomic mass is 10.1. The molecule has 1 N–H and O–H groups in total. The van der Waals surface area contributed by atoms with Crippen molar-refractivity contribution in [1.29, 1.82) is 0 Å². The van der Waals surface area contributed by atoms with E-state index < -0.39 is 0 Å². The van der Waals surface area contributed by atoms with Crippen LogP contribution in [0.25, 0.3) is 0 Å². The second-order valence-corrected chi connectivity index (χ2v) is 4.94. The molecule has 2 fully saturated rings. The molecule has 0 aliphatic carbocycles. The first-order chi connectivity index (χ1) is 8.42. The van der Waals surface area contributed by atoms with E-state index in [4.69, 9.17) is 9.26 Å². The van der Waals surface area contributed by atoms with Gasteiger partial charge in [0, 0.05) is 25.0 Å². The Balaban J connectivity index is 1.52. The van der Waals surface area contributed by atoms with E-state index in [2.05, 4.69) is 15.5 Å². The van der Waals surface area contributed by atoms with Crippen LogP contribution in [0.15, 0.2) is 4.52 Å². The van der Waals surface area contributed by atoms with E-state index >= 15 is 0 Å². The first-order valence-corrected chi connectivity index (χ1v) is 6.55. The van der Waals surface area contributed by atoms with Crippen molar-refractivity contribution in [2.24, 2.45) is 0 Å². The zero-order valence-electron chi connectivity index (χ0n) is 10.0. The summed E-state index contributed by atoms with van der Waals surface area (Å²) in [7, 11) is 0. The van der Waals surface area contributed by atoms with Crippen LogP contribution in [0.2, 0.25) is 0 Å². The zero-order chi connectivity index (χ0) is 11.5. The van der Waals surface area contributed by atoms with Crippen LogP contribution in [-0.2, 0) is 11.2 Å². The molecule has 2 aliphatic rings. The zero-order valence-corrected chi connectivity index (χ0v) is 10.0. The minimum atomic E-state index is 0.345. The SMILES string of the molecule is C1CNC(CCc2nc(C3CCOC3)no2)C1. The standard InChI is InChI=1S/C12H19N3O2/c1-2-10(13-6-1)3-4-11-14-12(15-17-11)9-5-7-16-8-9/h9-10,13H,1-8H2. The van der Waals surface area contributed by atoms with Crippen molar-refractivity contribution in [3.05, 3.63) is 11.7 Å². The summed E-state index contributed by atoms with van der Waals surface area (Å²) in [6.45, 7) is 2.71. The predicted molar refractivity (Wildman–Crippen MR) is 61.8 cm³/mol. The summed E-state index contributed by atoms with van der Waals surface area (Å²) in [4.78, 5) is 4.47. The van der Waals surface area contributed by atoms with Gasteiger partial charge in [0.25, 0.3) is 0 Å². The Labute approximate surface area is 101 Å². The van der Waals surface area contributed by atoms with Gasteiger partial charge in [0.15, 0.2) is 5.82 Å². The maximum Gasteiger partial charge on any atom is 0.226 e. The summed E-state index contributed by atoms with van der Waals surface area (Å²) < 4.78 is 10.6. The average Bonchev–Trinajstić information content (AvgIpc) is 3.09. The van der Waals surface area contributed by atoms with Crippen molar-refractivity contribution in [3.63, 3.8) is 0 Å². The van der Waals surface area contributed by atoms with Crippen molar-refractivity contribution in [3.8, 4) is 0 Å². The number of aryl methyl sites for hydroxylation is 1. The van der Waals surface area contributed by atoms with Gasteiger partial charge in [-0.2, -0.15) is 4.98 Å². The molecule has 5 heteroatoms. The number of ether oxygens (including phenoxy) is 1. The van der Waals surface area contributed by atoms with E-state index in [1.54, 1.807) is 0 Å². The van der Waals surface area contributed by atoms with Gasteiger partial charge in [-0.1, -0.05) is 5.16 Å². The minimum absolute atomic E-state index is 0.345. The van der Waals surface area contributed by atoms with Crippen LogP contribution in [0, 0.1) is 0 Å². The lowest BCUT2D eigenvalue weighted by Gasteiger charge is -2.06. The third-order valence-electron chi connectivity index (χ3n) is 3.65. The van der Waals surface area contributed by atoms with Gasteiger partial charge >= 0.3 is 0 Å². The minimum Gasteiger partial charge on any atom is -0.381 e. The highest BCUT2D eigenvalue weighted by Gasteiger charge is 2.23. The quantitative estimate of drug-likeness (QED) is 0.854. The summed E-state index contributed by atoms with van der Waals surface area (Å²) in [5.41, 5.74) is 0. The second kappa shape index (κ2) is 5.14. The number of nitrogens with one attached hydrogen (secondary N) is 1. The molecule has 0 spiro atoms. The van der Waals surface area contributed by atoms with Crippen molar-refractivity contribution >= 4 is 0 Å². The molecule has 2 unspecified atom stereocenters. The van der Waals surface area contributed by atoms with Gasteiger partial charge in [0.05, 0.1) is 6.61 Å². The monoisotopic (exact) mass is 237 g/mol. The lowest BCUT2D eigenvalue weighted by molar-refractivity contribution is 0.192. The van der Waals surface area contributed by atoms with Gasteiger partial charge in [0.2, 0.25) is 5.89 Å². The van der Waals surface area contributed by atoms with E-state index in [1.807, 2.05) is 0 Å². The van der Waals surface area contributed by atoms with Gasteiger partial charge in [-0.15, -0.1) is 0 Å². The highest BCUT2D eigenvalue weighted by Crippen LogP contribution is 2.22. The number of hydrogen-bond donors (Lipinski definition) is 1. The van der Waals surface area contributed by atoms with E-state index in [-0.39, 0.29) is 0 Å². The molecule has 0 amide bonds. The number of aromatic nitrogens is 2. The molecule has 0 radical (unpaired) electrons. The van der Waals surface area contributed by atoms with Crippen LogP contribution < -0.4 is 5.32 Å². The molecule has 2 aliphatic heterocycles. The number of nitrogens with zero attached hydrogens (tertiary/aromatic N) is 2. The van der Waals surface area contributed by atoms with E-state index in [0.717, 1.165) is 50.7 Å². The number of hydrogen-bond acceptors (Lipinski definition) is 5. The van der Waals surface area contributed by atoms with Crippen molar-refractivity contribution in [2.75, 3.05) is 19.8 Å². The van der Waals surface area contributed by atoms with E-state index in [9.17, 15) is 0 Å². The maximum absolute atomic E-state index is 5.33. The van der Waals surface area contributed by atoms with Crippen LogP contribution in [-0.4, -0.2) is 35.9 Å². The molecule has 3 rings (SSSR count). The smallest absolute Gasteiger partial charge is 0.226 e. The van der Waals surface area contributed by atoms with Crippen molar-refractivity contribution < 1.29 is 9.26 Å². The van der Waals surface area contributed by atoms with Crippen molar-refractivity contribution in [2.45, 2.75) is 44.1 Å². The predicted octanol–water partition coefficient (Wildman–Crippen LogP) is 1.26. The summed E-state index contributed by atoms with van der Waals surface area (Å²) in [5, 5.41) is 7.54. The molecule has 2 saturated heterocycles. The largest absolute Gasteiger partial charge is 0.381 e. The first kappa shape index (κ1) is 11.2. The van der Waals surface area contributed by atoms with Crippen molar-refractivity contribution in [1.82, 2.24) is 15.5 Å². The fourth-order valence-corrected chi connectivity index (χ4v) is 2.57. The molecule has 0 saturated carbocycles. The topological polar surface area (TPSA) is 60.2 Å². The van der Waals surface area contributed by atoms with Crippen LogP contribution in [0.3, 0.4) is 0 Å². The Morgan fingerprint density at radius 3 is 3.12 bits per heavy atom. The Morgan fingerprint density at radius 1 is 1.35 bits per heavy atom. The Morgan fingerprint density at radius 2 is 2.35 bits per heavy atom. The normalized spacial score (nSPS) is 28.9. The second-order valence-electron chi connectivity index (χ2n) is 4.94. The maximum atomic E-state index is 5.33. The van der Waals surface area contributed by atoms with Crippen LogP contribution in [0.1, 0.15) is 43.3 Å². The molecule has 0 aromatic carbocycles. The molecule has 2 atom stereocenters. The number of rotatable bonds is 4. The van der Waals surface area contributed by atoms with Gasteiger partial charge in [-0.05, 0) is 32.2 Å². The molecule has 1 aromatic rings. The van der Waals surface area contributed by atoms with Gasteiger partial charge < -0.3 is 14.6 Å². The van der Waals surface area contributed by atoms with Gasteiger partial charge in [-0.3, -0.25) is 0 Å². The Kier molecular flexibility index (Phi) is 3.38. The lowest BCUT2D eigenvalue weighted by Crippen LogP contribution is -2.21. The molecular weight excluding hydrogens is 218 g/mol. The molecule has 17 heavy (non-hydrogen) atoms. The fourth-order valence-electron chi connectivity index (χ4n) is 2.57. The Hall–Kier alpha value is -0.940. The summed E-state index contributed by atoms with van der Waals surface area (Å²) >= 11 is 0. The third-order valence-corrected chi connectivity index (χ3v) is 3.65. The summed E-state index contributed by atoms with van der Waals surface area (Å²) in [6, 6.07) is 0.639. The Bertz CT molecular complexity index is 354. The third kappa shape index (κ3) is 2.66. The van der Waals surface area contributed by atoms with Crippen LogP contribution in [0.4, 0.5) is 0 Å². The molecule has 5 nitrogen and oxygen atoms in total. The van der Waals surface area contributed by atoms with E-state index in [1.165, 1.54) is 12.8 Å². The van der Waals surface area contributed by atoms with Gasteiger partial charge in [-0.25, -0.2) is 0 Å². The molecule has 0 bridgehead atoms. The fraction of sp³-hybridized carbons (Fsp3) is 0.833. The van der Waals surface area contributed by atoms with Gasteiger partial charge in [0.1, 0.15) is 0 Å². The molecule has 94 valence electrons. The highest BCUT2D eigenvalue weighted by atomic mass is 16.5. The first-order valence-electron chi connectivity index (χ1n) is 6.55. The highest BCUT2D eigenvalue weighted by molar-refractivity contribution is 4.97. The molecule has 3 heterocycles. The molecule has 1 aromatic heterocycles. The summed E-state index contributed by atoms with van der Waals surface area (Å²) in [6.07, 6.45) is 5.57. The van der Waals surface area contributed by atoms with Crippen LogP contribution in [0.5, 0.6) is 0 Å². The molecular formula is C12H19N3O2. The average molecular weight is 237 g/mol. The van der Waals surface area contributed by atoms with E-state index in [0.29, 0.717) is 12.0 Å². The van der Waals surface area contributed by atoms with Crippen LogP contribution >= 0.6 is 0 Å².